The second-order valence-corrected chi connectivity index (χ2v) is 11.1. The minimum atomic E-state index is -4.61. The Hall–Kier alpha value is -1.44. The van der Waals surface area contributed by atoms with Crippen LogP contribution in [0.1, 0.15) is 30.1 Å². The Morgan fingerprint density at radius 2 is 1.90 bits per heavy atom. The van der Waals surface area contributed by atoms with E-state index in [0.717, 1.165) is 28.9 Å². The highest BCUT2D eigenvalue weighted by Crippen LogP contribution is 2.47. The Morgan fingerprint density at radius 3 is 2.43 bits per heavy atom. The molecule has 1 saturated heterocycles. The second kappa shape index (κ2) is 7.92. The highest BCUT2D eigenvalue weighted by atomic mass is 79.9. The number of rotatable bonds is 5. The van der Waals surface area contributed by atoms with Crippen molar-refractivity contribution < 1.29 is 26.4 Å². The number of halogens is 4. The molecule has 2 aromatic heterocycles. The van der Waals surface area contributed by atoms with Crippen LogP contribution in [0, 0.1) is 0 Å². The third-order valence-corrected chi connectivity index (χ3v) is 9.18. The van der Waals surface area contributed by atoms with Gasteiger partial charge < -0.3 is 4.90 Å². The van der Waals surface area contributed by atoms with Gasteiger partial charge >= 0.3 is 6.18 Å². The number of amides is 1. The summed E-state index contributed by atoms with van der Waals surface area (Å²) >= 11 is 4.14. The van der Waals surface area contributed by atoms with Gasteiger partial charge in [-0.25, -0.2) is 8.42 Å². The van der Waals surface area contributed by atoms with Crippen LogP contribution in [0.4, 0.5) is 13.2 Å². The molecular formula is C17H18BrF3N4O3S2. The molecule has 4 rings (SSSR count). The van der Waals surface area contributed by atoms with Crippen molar-refractivity contribution in [3.63, 3.8) is 0 Å². The van der Waals surface area contributed by atoms with Gasteiger partial charge in [0, 0.05) is 32.1 Å². The van der Waals surface area contributed by atoms with E-state index in [4.69, 9.17) is 0 Å². The molecule has 3 heterocycles. The van der Waals surface area contributed by atoms with Crippen molar-refractivity contribution in [2.75, 3.05) is 26.2 Å². The zero-order chi connectivity index (χ0) is 21.7. The number of nitrogens with zero attached hydrogens (tertiary/aromatic N) is 4. The van der Waals surface area contributed by atoms with Crippen LogP contribution < -0.4 is 0 Å². The van der Waals surface area contributed by atoms with E-state index in [1.807, 2.05) is 0 Å². The summed E-state index contributed by atoms with van der Waals surface area (Å²) in [5.74, 6) is -0.419. The van der Waals surface area contributed by atoms with Crippen molar-refractivity contribution in [2.45, 2.75) is 35.7 Å². The normalized spacial score (nSPS) is 18.7. The Morgan fingerprint density at radius 1 is 1.23 bits per heavy atom. The standard InChI is InChI=1S/C17H18BrF3N4O3S2/c18-14-15(11-3-4-11)25(22-16(14)17(19,20)21)10-12(26)23-5-7-24(8-6-23)30(27,28)13-2-1-9-29-13/h1-2,9,11H,3-8,10H2. The molecular weight excluding hydrogens is 509 g/mol. The van der Waals surface area contributed by atoms with Crippen LogP contribution in [0.15, 0.2) is 26.2 Å². The van der Waals surface area contributed by atoms with E-state index in [1.165, 1.54) is 15.3 Å². The van der Waals surface area contributed by atoms with Gasteiger partial charge in [0.2, 0.25) is 5.91 Å². The molecule has 2 aliphatic rings. The van der Waals surface area contributed by atoms with Crippen LogP contribution in [-0.4, -0.2) is 59.5 Å². The third-order valence-electron chi connectivity index (χ3n) is 5.13. The van der Waals surface area contributed by atoms with Crippen molar-refractivity contribution in [2.24, 2.45) is 0 Å². The molecule has 13 heteroatoms. The van der Waals surface area contributed by atoms with E-state index in [1.54, 1.807) is 11.4 Å². The van der Waals surface area contributed by atoms with E-state index in [2.05, 4.69) is 21.0 Å². The predicted molar refractivity (Wildman–Crippen MR) is 107 cm³/mol. The zero-order valence-electron chi connectivity index (χ0n) is 15.6. The maximum Gasteiger partial charge on any atom is 0.436 e. The molecule has 0 bridgehead atoms. The Bertz CT molecular complexity index is 1040. The molecule has 164 valence electrons. The first kappa shape index (κ1) is 21.8. The third kappa shape index (κ3) is 4.16. The summed E-state index contributed by atoms with van der Waals surface area (Å²) in [5.41, 5.74) is -0.626. The van der Waals surface area contributed by atoms with Gasteiger partial charge in [0.05, 0.1) is 10.2 Å². The van der Waals surface area contributed by atoms with Crippen molar-refractivity contribution >= 4 is 43.2 Å². The zero-order valence-corrected chi connectivity index (χ0v) is 18.8. The van der Waals surface area contributed by atoms with E-state index in [0.29, 0.717) is 5.69 Å². The van der Waals surface area contributed by atoms with E-state index >= 15 is 0 Å². The first-order valence-corrected chi connectivity index (χ1v) is 12.3. The number of sulfonamides is 1. The van der Waals surface area contributed by atoms with Gasteiger partial charge in [0.1, 0.15) is 10.8 Å². The van der Waals surface area contributed by atoms with Crippen LogP contribution in [0.25, 0.3) is 0 Å². The number of thiophene rings is 1. The van der Waals surface area contributed by atoms with Gasteiger partial charge in [-0.3, -0.25) is 9.48 Å². The van der Waals surface area contributed by atoms with Gasteiger partial charge in [-0.05, 0) is 40.2 Å². The Balaban J connectivity index is 1.45. The summed E-state index contributed by atoms with van der Waals surface area (Å²) in [7, 11) is -3.59. The Labute approximate surface area is 183 Å². The maximum absolute atomic E-state index is 13.2. The Kier molecular flexibility index (Phi) is 5.75. The molecule has 0 unspecified atom stereocenters. The van der Waals surface area contributed by atoms with Gasteiger partial charge in [-0.1, -0.05) is 6.07 Å². The number of aromatic nitrogens is 2. The summed E-state index contributed by atoms with van der Waals surface area (Å²) in [6.45, 7) is 0.321. The van der Waals surface area contributed by atoms with Crippen LogP contribution >= 0.6 is 27.3 Å². The molecule has 0 N–H and O–H groups in total. The fourth-order valence-corrected chi connectivity index (χ4v) is 6.84. The topological polar surface area (TPSA) is 75.5 Å². The average Bonchev–Trinajstić information content (AvgIpc) is 3.23. The minimum Gasteiger partial charge on any atom is -0.338 e. The summed E-state index contributed by atoms with van der Waals surface area (Å²) in [4.78, 5) is 14.2. The van der Waals surface area contributed by atoms with Crippen LogP contribution in [0.2, 0.25) is 0 Å². The van der Waals surface area contributed by atoms with E-state index < -0.39 is 21.9 Å². The summed E-state index contributed by atoms with van der Waals surface area (Å²) < 4.78 is 67.5. The van der Waals surface area contributed by atoms with Crippen LogP contribution in [-0.2, 0) is 27.5 Å². The SMILES string of the molecule is O=C(Cn1nc(C(F)(F)F)c(Br)c1C1CC1)N1CCN(S(=O)(=O)c2cccs2)CC1. The monoisotopic (exact) mass is 526 g/mol. The van der Waals surface area contributed by atoms with Gasteiger partial charge in [-0.15, -0.1) is 11.3 Å². The lowest BCUT2D eigenvalue weighted by molar-refractivity contribution is -0.142. The summed E-state index contributed by atoms with van der Waals surface area (Å²) in [6, 6.07) is 3.19. The second-order valence-electron chi connectivity index (χ2n) is 7.19. The molecule has 7 nitrogen and oxygen atoms in total. The van der Waals surface area contributed by atoms with Gasteiger partial charge in [0.25, 0.3) is 10.0 Å². The fourth-order valence-electron chi connectivity index (χ4n) is 3.44. The molecule has 30 heavy (non-hydrogen) atoms. The molecule has 1 saturated carbocycles. The fraction of sp³-hybridized carbons (Fsp3) is 0.529. The van der Waals surface area contributed by atoms with Crippen molar-refractivity contribution in [3.8, 4) is 0 Å². The smallest absolute Gasteiger partial charge is 0.338 e. The van der Waals surface area contributed by atoms with Crippen molar-refractivity contribution in [1.82, 2.24) is 19.0 Å². The minimum absolute atomic E-state index is 0.0384. The van der Waals surface area contributed by atoms with Crippen molar-refractivity contribution in [3.05, 3.63) is 33.4 Å². The summed E-state index contributed by atoms with van der Waals surface area (Å²) in [5, 5.41) is 5.34. The quantitative estimate of drug-likeness (QED) is 0.599. The molecule has 0 radical (unpaired) electrons. The summed E-state index contributed by atoms with van der Waals surface area (Å²) in [6.07, 6.45) is -3.09. The van der Waals surface area contributed by atoms with Crippen LogP contribution in [0.3, 0.4) is 0 Å². The number of carbonyl (C=O) groups excluding carboxylic acids is 1. The average molecular weight is 527 g/mol. The maximum atomic E-state index is 13.2. The van der Waals surface area contributed by atoms with E-state index in [-0.39, 0.29) is 53.2 Å². The van der Waals surface area contributed by atoms with Crippen molar-refractivity contribution in [1.29, 1.82) is 0 Å². The first-order chi connectivity index (χ1) is 14.1. The molecule has 2 fully saturated rings. The largest absolute Gasteiger partial charge is 0.436 e. The van der Waals surface area contributed by atoms with Gasteiger partial charge in [-0.2, -0.15) is 22.6 Å². The molecule has 1 amide bonds. The highest BCUT2D eigenvalue weighted by Gasteiger charge is 2.42. The number of piperazine rings is 1. The van der Waals surface area contributed by atoms with Gasteiger partial charge in [0.15, 0.2) is 5.69 Å². The predicted octanol–water partition coefficient (Wildman–Crippen LogP) is 3.14. The number of hydrogen-bond donors (Lipinski definition) is 0. The number of carbonyl (C=O) groups is 1. The lowest BCUT2D eigenvalue weighted by atomic mass is 10.2. The molecule has 1 aliphatic carbocycles. The molecule has 0 aromatic carbocycles. The highest BCUT2D eigenvalue weighted by molar-refractivity contribution is 9.10. The molecule has 0 atom stereocenters. The number of alkyl halides is 3. The van der Waals surface area contributed by atoms with E-state index in [9.17, 15) is 26.4 Å². The molecule has 1 aliphatic heterocycles. The van der Waals surface area contributed by atoms with Crippen LogP contribution in [0.5, 0.6) is 0 Å². The molecule has 0 spiro atoms. The molecule has 2 aromatic rings. The number of hydrogen-bond acceptors (Lipinski definition) is 5. The lowest BCUT2D eigenvalue weighted by Gasteiger charge is -2.33. The first-order valence-electron chi connectivity index (χ1n) is 9.24. The lowest BCUT2D eigenvalue weighted by Crippen LogP contribution is -2.51.